The maximum absolute atomic E-state index is 12.2. The number of hydrogen-bond donors (Lipinski definition) is 2. The first-order chi connectivity index (χ1) is 10.7. The third-order valence-electron chi connectivity index (χ3n) is 3.99. The molecule has 1 aliphatic carbocycles. The Hall–Kier alpha value is -2.27. The van der Waals surface area contributed by atoms with E-state index in [1.807, 2.05) is 30.3 Å². The summed E-state index contributed by atoms with van der Waals surface area (Å²) in [6.07, 6.45) is 6.21. The summed E-state index contributed by atoms with van der Waals surface area (Å²) in [4.78, 5) is 20.7. The SMILES string of the molecule is O=C(NC1CCCCC1O)c1cnc(-c2ccccc2)nc1. The molecule has 0 saturated heterocycles. The Labute approximate surface area is 129 Å². The van der Waals surface area contributed by atoms with E-state index in [1.54, 1.807) is 0 Å². The zero-order valence-corrected chi connectivity index (χ0v) is 12.3. The molecule has 1 amide bonds. The molecule has 0 bridgehead atoms. The lowest BCUT2D eigenvalue weighted by molar-refractivity contribution is 0.0717. The summed E-state index contributed by atoms with van der Waals surface area (Å²) >= 11 is 0. The smallest absolute Gasteiger partial charge is 0.254 e. The summed E-state index contributed by atoms with van der Waals surface area (Å²) in [6, 6.07) is 9.45. The van der Waals surface area contributed by atoms with Gasteiger partial charge in [0.25, 0.3) is 5.91 Å². The summed E-state index contributed by atoms with van der Waals surface area (Å²) < 4.78 is 0. The zero-order valence-electron chi connectivity index (χ0n) is 12.3. The molecule has 2 N–H and O–H groups in total. The van der Waals surface area contributed by atoms with Gasteiger partial charge in [-0.15, -0.1) is 0 Å². The van der Waals surface area contributed by atoms with E-state index in [2.05, 4.69) is 15.3 Å². The van der Waals surface area contributed by atoms with E-state index in [-0.39, 0.29) is 11.9 Å². The van der Waals surface area contributed by atoms with Crippen molar-refractivity contribution in [2.24, 2.45) is 0 Å². The van der Waals surface area contributed by atoms with Gasteiger partial charge in [-0.25, -0.2) is 9.97 Å². The van der Waals surface area contributed by atoms with Crippen LogP contribution in [0.2, 0.25) is 0 Å². The molecule has 1 saturated carbocycles. The van der Waals surface area contributed by atoms with Gasteiger partial charge in [-0.1, -0.05) is 43.2 Å². The topological polar surface area (TPSA) is 75.1 Å². The molecule has 0 radical (unpaired) electrons. The Bertz CT molecular complexity index is 628. The fraction of sp³-hybridized carbons (Fsp3) is 0.353. The fourth-order valence-electron chi connectivity index (χ4n) is 2.71. The molecule has 2 atom stereocenters. The number of nitrogens with zero attached hydrogens (tertiary/aromatic N) is 2. The van der Waals surface area contributed by atoms with Crippen molar-refractivity contribution < 1.29 is 9.90 Å². The molecule has 1 aliphatic rings. The largest absolute Gasteiger partial charge is 0.391 e. The Morgan fingerprint density at radius 2 is 1.77 bits per heavy atom. The summed E-state index contributed by atoms with van der Waals surface area (Å²) in [5, 5.41) is 12.8. The summed E-state index contributed by atoms with van der Waals surface area (Å²) in [5.74, 6) is 0.361. The van der Waals surface area contributed by atoms with Gasteiger partial charge in [-0.05, 0) is 12.8 Å². The molecule has 3 rings (SSSR count). The van der Waals surface area contributed by atoms with E-state index in [0.29, 0.717) is 11.4 Å². The molecule has 5 heteroatoms. The zero-order chi connectivity index (χ0) is 15.4. The third kappa shape index (κ3) is 3.31. The van der Waals surface area contributed by atoms with Crippen LogP contribution in [0.1, 0.15) is 36.0 Å². The molecule has 1 heterocycles. The number of hydrogen-bond acceptors (Lipinski definition) is 4. The van der Waals surface area contributed by atoms with Crippen molar-refractivity contribution >= 4 is 5.91 Å². The van der Waals surface area contributed by atoms with Gasteiger partial charge in [0.05, 0.1) is 17.7 Å². The van der Waals surface area contributed by atoms with Gasteiger partial charge in [-0.2, -0.15) is 0 Å². The van der Waals surface area contributed by atoms with Gasteiger partial charge in [0.2, 0.25) is 0 Å². The first-order valence-electron chi connectivity index (χ1n) is 7.60. The normalized spacial score (nSPS) is 21.3. The molecule has 0 spiro atoms. The molecule has 22 heavy (non-hydrogen) atoms. The predicted molar refractivity (Wildman–Crippen MR) is 83.2 cm³/mol. The number of nitrogens with one attached hydrogen (secondary N) is 1. The summed E-state index contributed by atoms with van der Waals surface area (Å²) in [5.41, 5.74) is 1.33. The van der Waals surface area contributed by atoms with Crippen LogP contribution in [0, 0.1) is 0 Å². The maximum Gasteiger partial charge on any atom is 0.254 e. The lowest BCUT2D eigenvalue weighted by Gasteiger charge is -2.28. The second kappa shape index (κ2) is 6.66. The number of amides is 1. The Morgan fingerprint density at radius 3 is 2.45 bits per heavy atom. The van der Waals surface area contributed by atoms with Gasteiger partial charge < -0.3 is 10.4 Å². The summed E-state index contributed by atoms with van der Waals surface area (Å²) in [6.45, 7) is 0. The standard InChI is InChI=1S/C17H19N3O2/c21-15-9-5-4-8-14(15)20-17(22)13-10-18-16(19-11-13)12-6-2-1-3-7-12/h1-3,6-7,10-11,14-15,21H,4-5,8-9H2,(H,20,22). The van der Waals surface area contributed by atoms with Crippen LogP contribution in [0.4, 0.5) is 0 Å². The van der Waals surface area contributed by atoms with Crippen LogP contribution in [-0.4, -0.2) is 33.1 Å². The van der Waals surface area contributed by atoms with E-state index >= 15 is 0 Å². The molecule has 1 aromatic heterocycles. The van der Waals surface area contributed by atoms with Gasteiger partial charge in [0.1, 0.15) is 0 Å². The number of carbonyl (C=O) groups excluding carboxylic acids is 1. The molecular weight excluding hydrogens is 278 g/mol. The second-order valence-electron chi connectivity index (χ2n) is 5.59. The van der Waals surface area contributed by atoms with Crippen molar-refractivity contribution in [1.82, 2.24) is 15.3 Å². The van der Waals surface area contributed by atoms with E-state index in [4.69, 9.17) is 0 Å². The van der Waals surface area contributed by atoms with Crippen LogP contribution in [0.3, 0.4) is 0 Å². The number of rotatable bonds is 3. The van der Waals surface area contributed by atoms with Crippen LogP contribution in [0.25, 0.3) is 11.4 Å². The fourth-order valence-corrected chi connectivity index (χ4v) is 2.71. The lowest BCUT2D eigenvalue weighted by atomic mass is 9.92. The van der Waals surface area contributed by atoms with Crippen molar-refractivity contribution in [2.45, 2.75) is 37.8 Å². The minimum atomic E-state index is -0.456. The Morgan fingerprint density at radius 1 is 1.09 bits per heavy atom. The lowest BCUT2D eigenvalue weighted by Crippen LogP contribution is -2.45. The van der Waals surface area contributed by atoms with E-state index in [0.717, 1.165) is 31.2 Å². The number of carbonyl (C=O) groups is 1. The molecule has 1 aromatic carbocycles. The average Bonchev–Trinajstić information content (AvgIpc) is 2.58. The third-order valence-corrected chi connectivity index (χ3v) is 3.99. The van der Waals surface area contributed by atoms with Crippen molar-refractivity contribution in [2.75, 3.05) is 0 Å². The van der Waals surface area contributed by atoms with Gasteiger partial charge in [0.15, 0.2) is 5.82 Å². The number of benzene rings is 1. The van der Waals surface area contributed by atoms with Crippen LogP contribution in [0.5, 0.6) is 0 Å². The first-order valence-corrected chi connectivity index (χ1v) is 7.60. The van der Waals surface area contributed by atoms with Crippen LogP contribution in [0.15, 0.2) is 42.7 Å². The van der Waals surface area contributed by atoms with Gasteiger partial charge in [0, 0.05) is 18.0 Å². The molecule has 5 nitrogen and oxygen atoms in total. The monoisotopic (exact) mass is 297 g/mol. The minimum Gasteiger partial charge on any atom is -0.391 e. The molecule has 114 valence electrons. The van der Waals surface area contributed by atoms with Crippen molar-refractivity contribution in [1.29, 1.82) is 0 Å². The highest BCUT2D eigenvalue weighted by atomic mass is 16.3. The van der Waals surface area contributed by atoms with E-state index < -0.39 is 6.10 Å². The highest BCUT2D eigenvalue weighted by molar-refractivity contribution is 5.93. The van der Waals surface area contributed by atoms with Crippen molar-refractivity contribution in [3.8, 4) is 11.4 Å². The van der Waals surface area contributed by atoms with Crippen LogP contribution in [-0.2, 0) is 0 Å². The van der Waals surface area contributed by atoms with Gasteiger partial charge >= 0.3 is 0 Å². The minimum absolute atomic E-state index is 0.171. The Balaban J connectivity index is 1.68. The summed E-state index contributed by atoms with van der Waals surface area (Å²) in [7, 11) is 0. The van der Waals surface area contributed by atoms with Gasteiger partial charge in [-0.3, -0.25) is 4.79 Å². The quantitative estimate of drug-likeness (QED) is 0.910. The van der Waals surface area contributed by atoms with Crippen LogP contribution >= 0.6 is 0 Å². The highest BCUT2D eigenvalue weighted by Crippen LogP contribution is 2.19. The molecule has 2 aromatic rings. The average molecular weight is 297 g/mol. The number of aliphatic hydroxyl groups is 1. The number of aromatic nitrogens is 2. The van der Waals surface area contributed by atoms with E-state index in [9.17, 15) is 9.90 Å². The first kappa shape index (κ1) is 14.7. The Kier molecular flexibility index (Phi) is 4.44. The van der Waals surface area contributed by atoms with Crippen LogP contribution < -0.4 is 5.32 Å². The molecule has 1 fully saturated rings. The maximum atomic E-state index is 12.2. The van der Waals surface area contributed by atoms with Crippen molar-refractivity contribution in [3.05, 3.63) is 48.3 Å². The van der Waals surface area contributed by atoms with E-state index in [1.165, 1.54) is 12.4 Å². The highest BCUT2D eigenvalue weighted by Gasteiger charge is 2.25. The molecule has 0 aliphatic heterocycles. The van der Waals surface area contributed by atoms with Crippen molar-refractivity contribution in [3.63, 3.8) is 0 Å². The molecular formula is C17H19N3O2. The number of aliphatic hydroxyl groups excluding tert-OH is 1. The predicted octanol–water partition coefficient (Wildman–Crippen LogP) is 2.18. The molecule has 2 unspecified atom stereocenters. The second-order valence-corrected chi connectivity index (χ2v) is 5.59.